The molecule has 0 aromatic heterocycles. The maximum Gasteiger partial charge on any atom is 0.112 e. The third kappa shape index (κ3) is 2.14. The molecule has 0 amide bonds. The smallest absolute Gasteiger partial charge is 0.112 e. The summed E-state index contributed by atoms with van der Waals surface area (Å²) in [5.41, 5.74) is 2.72. The van der Waals surface area contributed by atoms with Crippen molar-refractivity contribution in [1.82, 2.24) is 5.32 Å². The van der Waals surface area contributed by atoms with Crippen LogP contribution in [0.2, 0.25) is 0 Å². The van der Waals surface area contributed by atoms with E-state index in [1.165, 1.54) is 11.1 Å². The maximum atomic E-state index is 5.61. The van der Waals surface area contributed by atoms with E-state index in [1.807, 2.05) is 0 Å². The Balaban J connectivity index is 2.01. The molecular formula is C12H17NO. The summed E-state index contributed by atoms with van der Waals surface area (Å²) in [6.07, 6.45) is 1.17. The van der Waals surface area contributed by atoms with E-state index in [4.69, 9.17) is 4.74 Å². The molecule has 1 aromatic rings. The predicted molar refractivity (Wildman–Crippen MR) is 57.2 cm³/mol. The molecule has 0 saturated carbocycles. The van der Waals surface area contributed by atoms with E-state index in [9.17, 15) is 0 Å². The average molecular weight is 191 g/mol. The van der Waals surface area contributed by atoms with Gasteiger partial charge < -0.3 is 4.74 Å². The van der Waals surface area contributed by atoms with E-state index < -0.39 is 0 Å². The Labute approximate surface area is 85.3 Å². The second kappa shape index (κ2) is 4.11. The van der Waals surface area contributed by atoms with E-state index in [-0.39, 0.29) is 6.23 Å². The highest BCUT2D eigenvalue weighted by Crippen LogP contribution is 2.13. The van der Waals surface area contributed by atoms with Gasteiger partial charge in [0, 0.05) is 12.5 Å². The minimum Gasteiger partial charge on any atom is -0.361 e. The molecule has 1 aliphatic rings. The molecule has 2 atom stereocenters. The lowest BCUT2D eigenvalue weighted by Crippen LogP contribution is -2.30. The molecule has 2 rings (SSSR count). The molecule has 2 unspecified atom stereocenters. The molecule has 14 heavy (non-hydrogen) atoms. The molecule has 76 valence electrons. The molecule has 2 heteroatoms. The zero-order chi connectivity index (χ0) is 9.97. The Morgan fingerprint density at radius 2 is 2.21 bits per heavy atom. The van der Waals surface area contributed by atoms with Gasteiger partial charge in [-0.15, -0.1) is 0 Å². The van der Waals surface area contributed by atoms with Crippen LogP contribution < -0.4 is 5.32 Å². The van der Waals surface area contributed by atoms with E-state index in [2.05, 4.69) is 43.4 Å². The summed E-state index contributed by atoms with van der Waals surface area (Å²) in [6.45, 7) is 5.13. The Hall–Kier alpha value is -0.860. The topological polar surface area (TPSA) is 21.3 Å². The van der Waals surface area contributed by atoms with Gasteiger partial charge in [0.05, 0.1) is 6.61 Å². The number of hydrogen-bond donors (Lipinski definition) is 1. The highest BCUT2D eigenvalue weighted by molar-refractivity contribution is 5.26. The molecule has 1 fully saturated rings. The Morgan fingerprint density at radius 3 is 2.86 bits per heavy atom. The minimum atomic E-state index is 0.200. The van der Waals surface area contributed by atoms with Crippen molar-refractivity contribution >= 4 is 0 Å². The highest BCUT2D eigenvalue weighted by Gasteiger charge is 2.20. The van der Waals surface area contributed by atoms with E-state index >= 15 is 0 Å². The van der Waals surface area contributed by atoms with Gasteiger partial charge in [-0.25, -0.2) is 0 Å². The van der Waals surface area contributed by atoms with Crippen molar-refractivity contribution in [3.05, 3.63) is 35.4 Å². The first kappa shape index (κ1) is 9.69. The summed E-state index contributed by atoms with van der Waals surface area (Å²) in [5.74, 6) is 0. The van der Waals surface area contributed by atoms with Crippen LogP contribution in [0.15, 0.2) is 24.3 Å². The number of hydrogen-bond acceptors (Lipinski definition) is 2. The zero-order valence-corrected chi connectivity index (χ0v) is 8.79. The van der Waals surface area contributed by atoms with Crippen LogP contribution in [0.4, 0.5) is 0 Å². The van der Waals surface area contributed by atoms with Gasteiger partial charge in [0.1, 0.15) is 6.23 Å². The first-order valence-corrected chi connectivity index (χ1v) is 5.18. The average Bonchev–Trinajstić information content (AvgIpc) is 2.56. The Kier molecular flexibility index (Phi) is 2.85. The van der Waals surface area contributed by atoms with Crippen molar-refractivity contribution < 1.29 is 4.74 Å². The summed E-state index contributed by atoms with van der Waals surface area (Å²) in [4.78, 5) is 0. The van der Waals surface area contributed by atoms with Crippen LogP contribution in [0.25, 0.3) is 0 Å². The van der Waals surface area contributed by atoms with Crippen LogP contribution >= 0.6 is 0 Å². The second-order valence-electron chi connectivity index (χ2n) is 4.02. The van der Waals surface area contributed by atoms with E-state index in [0.29, 0.717) is 6.04 Å². The lowest BCUT2D eigenvalue weighted by molar-refractivity contribution is 0.101. The minimum absolute atomic E-state index is 0.200. The van der Waals surface area contributed by atoms with Crippen LogP contribution in [-0.4, -0.2) is 18.9 Å². The van der Waals surface area contributed by atoms with Gasteiger partial charge in [-0.1, -0.05) is 24.3 Å². The lowest BCUT2D eigenvalue weighted by atomic mass is 10.1. The van der Waals surface area contributed by atoms with Crippen molar-refractivity contribution in [2.24, 2.45) is 0 Å². The fraction of sp³-hybridized carbons (Fsp3) is 0.500. The van der Waals surface area contributed by atoms with Gasteiger partial charge in [-0.3, -0.25) is 5.32 Å². The van der Waals surface area contributed by atoms with Gasteiger partial charge in [-0.2, -0.15) is 0 Å². The normalized spacial score (nSPS) is 26.7. The third-order valence-electron chi connectivity index (χ3n) is 2.68. The summed E-state index contributed by atoms with van der Waals surface area (Å²) in [5, 5.41) is 3.41. The molecular weight excluding hydrogens is 174 g/mol. The number of ether oxygens (including phenoxy) is 1. The summed E-state index contributed by atoms with van der Waals surface area (Å²) >= 11 is 0. The molecule has 0 bridgehead atoms. The number of rotatable bonds is 2. The summed E-state index contributed by atoms with van der Waals surface area (Å²) in [7, 11) is 0. The first-order chi connectivity index (χ1) is 6.75. The molecule has 1 aliphatic heterocycles. The molecule has 1 heterocycles. The van der Waals surface area contributed by atoms with Crippen molar-refractivity contribution in [3.8, 4) is 0 Å². The molecule has 2 nitrogen and oxygen atoms in total. The largest absolute Gasteiger partial charge is 0.361 e. The quantitative estimate of drug-likeness (QED) is 0.770. The third-order valence-corrected chi connectivity index (χ3v) is 2.68. The Bertz CT molecular complexity index is 311. The molecule has 0 aliphatic carbocycles. The lowest BCUT2D eigenvalue weighted by Gasteiger charge is -2.12. The van der Waals surface area contributed by atoms with Crippen molar-refractivity contribution in [1.29, 1.82) is 0 Å². The van der Waals surface area contributed by atoms with Crippen LogP contribution in [0.3, 0.4) is 0 Å². The van der Waals surface area contributed by atoms with Gasteiger partial charge >= 0.3 is 0 Å². The maximum absolute atomic E-state index is 5.61. The monoisotopic (exact) mass is 191 g/mol. The first-order valence-electron chi connectivity index (χ1n) is 5.18. The number of aryl methyl sites for hydroxylation is 1. The SMILES string of the molecule is Cc1ccccc1CC1NC(C)CO1. The van der Waals surface area contributed by atoms with Crippen molar-refractivity contribution in [3.63, 3.8) is 0 Å². The van der Waals surface area contributed by atoms with Gasteiger partial charge in [0.15, 0.2) is 0 Å². The molecule has 0 radical (unpaired) electrons. The molecule has 0 spiro atoms. The van der Waals surface area contributed by atoms with Gasteiger partial charge in [-0.05, 0) is 25.0 Å². The number of benzene rings is 1. The van der Waals surface area contributed by atoms with E-state index in [1.54, 1.807) is 0 Å². The van der Waals surface area contributed by atoms with Gasteiger partial charge in [0.2, 0.25) is 0 Å². The summed E-state index contributed by atoms with van der Waals surface area (Å²) < 4.78 is 5.61. The van der Waals surface area contributed by atoms with Crippen LogP contribution in [0, 0.1) is 6.92 Å². The Morgan fingerprint density at radius 1 is 1.43 bits per heavy atom. The fourth-order valence-corrected chi connectivity index (χ4v) is 1.83. The van der Waals surface area contributed by atoms with Crippen molar-refractivity contribution in [2.45, 2.75) is 32.5 Å². The predicted octanol–water partition coefficient (Wildman–Crippen LogP) is 1.87. The summed E-state index contributed by atoms with van der Waals surface area (Å²) in [6, 6.07) is 8.96. The van der Waals surface area contributed by atoms with E-state index in [0.717, 1.165) is 13.0 Å². The molecule has 1 aromatic carbocycles. The van der Waals surface area contributed by atoms with Crippen molar-refractivity contribution in [2.75, 3.05) is 6.61 Å². The zero-order valence-electron chi connectivity index (χ0n) is 8.79. The number of nitrogens with one attached hydrogen (secondary N) is 1. The standard InChI is InChI=1S/C12H17NO/c1-9-5-3-4-6-11(9)7-12-13-10(2)8-14-12/h3-6,10,12-13H,7-8H2,1-2H3. The van der Waals surface area contributed by atoms with Crippen LogP contribution in [0.5, 0.6) is 0 Å². The van der Waals surface area contributed by atoms with Crippen LogP contribution in [0.1, 0.15) is 18.1 Å². The molecule has 1 saturated heterocycles. The van der Waals surface area contributed by atoms with Crippen LogP contribution in [-0.2, 0) is 11.2 Å². The van der Waals surface area contributed by atoms with Gasteiger partial charge in [0.25, 0.3) is 0 Å². The fourth-order valence-electron chi connectivity index (χ4n) is 1.83. The highest BCUT2D eigenvalue weighted by atomic mass is 16.5. The second-order valence-corrected chi connectivity index (χ2v) is 4.02. The molecule has 1 N–H and O–H groups in total.